The van der Waals surface area contributed by atoms with Crippen molar-refractivity contribution < 1.29 is 14.7 Å². The molecule has 1 unspecified atom stereocenters. The minimum atomic E-state index is -0.561. The molecule has 2 amide bonds. The third-order valence-corrected chi connectivity index (χ3v) is 3.87. The molecule has 0 bridgehead atoms. The largest absolute Gasteiger partial charge is 0.392 e. The summed E-state index contributed by atoms with van der Waals surface area (Å²) >= 11 is 0. The number of aromatic nitrogens is 1. The van der Waals surface area contributed by atoms with Gasteiger partial charge in [0.2, 0.25) is 5.91 Å². The molecule has 0 aliphatic carbocycles. The summed E-state index contributed by atoms with van der Waals surface area (Å²) in [5, 5.41) is 9.66. The number of hydrogen-bond donors (Lipinski definition) is 2. The van der Waals surface area contributed by atoms with Gasteiger partial charge in [0.15, 0.2) is 0 Å². The van der Waals surface area contributed by atoms with Crippen LogP contribution in [0.5, 0.6) is 0 Å². The molecule has 7 heteroatoms. The normalized spacial score (nSPS) is 17.3. The average Bonchev–Trinajstić information content (AvgIpc) is 2.55. The molecular weight excluding hydrogens is 284 g/mol. The van der Waals surface area contributed by atoms with Crippen LogP contribution in [0.2, 0.25) is 0 Å². The van der Waals surface area contributed by atoms with Gasteiger partial charge in [-0.05, 0) is 18.6 Å². The van der Waals surface area contributed by atoms with E-state index >= 15 is 0 Å². The molecule has 3 N–H and O–H groups in total. The molecule has 1 aromatic rings. The van der Waals surface area contributed by atoms with Crippen molar-refractivity contribution in [3.63, 3.8) is 0 Å². The fourth-order valence-electron chi connectivity index (χ4n) is 2.39. The first-order valence-electron chi connectivity index (χ1n) is 7.46. The Kier molecular flexibility index (Phi) is 5.46. The Hall–Kier alpha value is -1.99. The molecule has 1 saturated heterocycles. The molecule has 1 aromatic heterocycles. The predicted molar refractivity (Wildman–Crippen MR) is 81.4 cm³/mol. The van der Waals surface area contributed by atoms with Crippen LogP contribution in [0.25, 0.3) is 0 Å². The van der Waals surface area contributed by atoms with E-state index in [0.717, 1.165) is 19.5 Å². The average molecular weight is 306 g/mol. The van der Waals surface area contributed by atoms with Crippen LogP contribution in [0.15, 0.2) is 18.3 Å². The molecule has 0 spiro atoms. The quantitative estimate of drug-likeness (QED) is 0.778. The second-order valence-electron chi connectivity index (χ2n) is 5.45. The molecule has 22 heavy (non-hydrogen) atoms. The van der Waals surface area contributed by atoms with Gasteiger partial charge in [-0.2, -0.15) is 0 Å². The van der Waals surface area contributed by atoms with Crippen LogP contribution in [0, 0.1) is 0 Å². The molecule has 0 saturated carbocycles. The van der Waals surface area contributed by atoms with Crippen LogP contribution in [0.3, 0.4) is 0 Å². The van der Waals surface area contributed by atoms with Crippen molar-refractivity contribution in [1.82, 2.24) is 14.8 Å². The summed E-state index contributed by atoms with van der Waals surface area (Å²) < 4.78 is 0. The summed E-state index contributed by atoms with van der Waals surface area (Å²) in [5.41, 5.74) is 5.75. The van der Waals surface area contributed by atoms with Crippen LogP contribution in [-0.2, 0) is 0 Å². The zero-order valence-electron chi connectivity index (χ0n) is 12.7. The van der Waals surface area contributed by atoms with Gasteiger partial charge in [0.05, 0.1) is 11.7 Å². The van der Waals surface area contributed by atoms with Crippen molar-refractivity contribution in [3.05, 3.63) is 29.6 Å². The standard InChI is InChI=1S/C15H22N4O3/c1-2-12(20)10-18-5-7-19(8-6-18)15(22)13-4-3-11(9-17-13)14(16)21/h3-4,9,12,20H,2,5-8,10H2,1H3,(H2,16,21). The molecule has 1 aliphatic rings. The fourth-order valence-corrected chi connectivity index (χ4v) is 2.39. The number of amides is 2. The maximum atomic E-state index is 12.3. The lowest BCUT2D eigenvalue weighted by Crippen LogP contribution is -2.50. The maximum absolute atomic E-state index is 12.3. The number of aliphatic hydroxyl groups excluding tert-OH is 1. The van der Waals surface area contributed by atoms with Crippen LogP contribution < -0.4 is 5.73 Å². The van der Waals surface area contributed by atoms with Crippen molar-refractivity contribution in [3.8, 4) is 0 Å². The molecule has 1 fully saturated rings. The predicted octanol–water partition coefficient (Wildman–Crippen LogP) is -0.291. The molecular formula is C15H22N4O3. The third kappa shape index (κ3) is 4.02. The smallest absolute Gasteiger partial charge is 0.272 e. The Bertz CT molecular complexity index is 524. The lowest BCUT2D eigenvalue weighted by atomic mass is 10.2. The number of hydrogen-bond acceptors (Lipinski definition) is 5. The van der Waals surface area contributed by atoms with Gasteiger partial charge in [0, 0.05) is 38.9 Å². The van der Waals surface area contributed by atoms with Crippen molar-refractivity contribution in [2.24, 2.45) is 5.73 Å². The summed E-state index contributed by atoms with van der Waals surface area (Å²) in [6, 6.07) is 3.03. The van der Waals surface area contributed by atoms with Gasteiger partial charge < -0.3 is 15.7 Å². The molecule has 0 radical (unpaired) electrons. The van der Waals surface area contributed by atoms with Crippen LogP contribution in [0.4, 0.5) is 0 Å². The second kappa shape index (κ2) is 7.33. The summed E-state index contributed by atoms with van der Waals surface area (Å²) in [6.45, 7) is 5.28. The molecule has 2 heterocycles. The van der Waals surface area contributed by atoms with Crippen LogP contribution in [-0.4, -0.2) is 70.5 Å². The first-order chi connectivity index (χ1) is 10.5. The van der Waals surface area contributed by atoms with E-state index in [1.165, 1.54) is 18.3 Å². The minimum absolute atomic E-state index is 0.147. The van der Waals surface area contributed by atoms with Gasteiger partial charge in [0.1, 0.15) is 5.69 Å². The van der Waals surface area contributed by atoms with Gasteiger partial charge in [-0.15, -0.1) is 0 Å². The zero-order valence-corrected chi connectivity index (χ0v) is 12.7. The van der Waals surface area contributed by atoms with E-state index in [1.54, 1.807) is 4.90 Å². The highest BCUT2D eigenvalue weighted by Gasteiger charge is 2.23. The third-order valence-electron chi connectivity index (χ3n) is 3.87. The number of aliphatic hydroxyl groups is 1. The number of nitrogens with two attached hydrogens (primary N) is 1. The van der Waals surface area contributed by atoms with E-state index in [-0.39, 0.29) is 17.6 Å². The molecule has 120 valence electrons. The van der Waals surface area contributed by atoms with Crippen molar-refractivity contribution in [2.75, 3.05) is 32.7 Å². The topological polar surface area (TPSA) is 99.8 Å². The van der Waals surface area contributed by atoms with Gasteiger partial charge in [0.25, 0.3) is 5.91 Å². The van der Waals surface area contributed by atoms with Crippen LogP contribution >= 0.6 is 0 Å². The number of primary amides is 1. The van der Waals surface area contributed by atoms with E-state index in [1.807, 2.05) is 6.92 Å². The summed E-state index contributed by atoms with van der Waals surface area (Å²) in [6.07, 6.45) is 1.74. The SMILES string of the molecule is CCC(O)CN1CCN(C(=O)c2ccc(C(N)=O)cn2)CC1. The highest BCUT2D eigenvalue weighted by Crippen LogP contribution is 2.09. The van der Waals surface area contributed by atoms with E-state index < -0.39 is 5.91 Å². The van der Waals surface area contributed by atoms with E-state index in [4.69, 9.17) is 5.73 Å². The highest BCUT2D eigenvalue weighted by molar-refractivity contribution is 5.95. The summed E-state index contributed by atoms with van der Waals surface area (Å²) in [4.78, 5) is 31.2. The van der Waals surface area contributed by atoms with Crippen molar-refractivity contribution in [2.45, 2.75) is 19.4 Å². The Labute approximate surface area is 129 Å². The molecule has 7 nitrogen and oxygen atoms in total. The number of carbonyl (C=O) groups is 2. The van der Waals surface area contributed by atoms with Crippen molar-refractivity contribution in [1.29, 1.82) is 0 Å². The second-order valence-corrected chi connectivity index (χ2v) is 5.45. The number of nitrogens with zero attached hydrogens (tertiary/aromatic N) is 3. The van der Waals surface area contributed by atoms with E-state index in [2.05, 4.69) is 9.88 Å². The molecule has 2 rings (SSSR count). The first kappa shape index (κ1) is 16.4. The van der Waals surface area contributed by atoms with E-state index in [0.29, 0.717) is 25.3 Å². The first-order valence-corrected chi connectivity index (χ1v) is 7.46. The Morgan fingerprint density at radius 3 is 2.50 bits per heavy atom. The number of piperazine rings is 1. The maximum Gasteiger partial charge on any atom is 0.272 e. The van der Waals surface area contributed by atoms with Gasteiger partial charge in [-0.3, -0.25) is 19.5 Å². The zero-order chi connectivity index (χ0) is 16.1. The number of β-amino-alcohol motifs (C(OH)–C–C–N with tert-alkyl or cyclic N) is 1. The molecule has 0 aromatic carbocycles. The Morgan fingerprint density at radius 2 is 2.00 bits per heavy atom. The lowest BCUT2D eigenvalue weighted by molar-refractivity contribution is 0.0519. The monoisotopic (exact) mass is 306 g/mol. The van der Waals surface area contributed by atoms with E-state index in [9.17, 15) is 14.7 Å². The molecule has 1 aliphatic heterocycles. The number of carbonyl (C=O) groups excluding carboxylic acids is 2. The Balaban J connectivity index is 1.90. The highest BCUT2D eigenvalue weighted by atomic mass is 16.3. The fraction of sp³-hybridized carbons (Fsp3) is 0.533. The number of rotatable bonds is 5. The van der Waals surface area contributed by atoms with Crippen LogP contribution in [0.1, 0.15) is 34.2 Å². The molecule has 1 atom stereocenters. The number of pyridine rings is 1. The Morgan fingerprint density at radius 1 is 1.32 bits per heavy atom. The van der Waals surface area contributed by atoms with Gasteiger partial charge in [-0.25, -0.2) is 0 Å². The minimum Gasteiger partial charge on any atom is -0.392 e. The summed E-state index contributed by atoms with van der Waals surface area (Å²) in [7, 11) is 0. The lowest BCUT2D eigenvalue weighted by Gasteiger charge is -2.35. The van der Waals surface area contributed by atoms with Crippen molar-refractivity contribution >= 4 is 11.8 Å². The summed E-state index contributed by atoms with van der Waals surface area (Å²) in [5.74, 6) is -0.707. The van der Waals surface area contributed by atoms with Gasteiger partial charge >= 0.3 is 0 Å². The van der Waals surface area contributed by atoms with Gasteiger partial charge in [-0.1, -0.05) is 6.92 Å².